The molecule has 0 fully saturated rings. The Morgan fingerprint density at radius 3 is 2.17 bits per heavy atom. The number of rotatable bonds is 2. The van der Waals surface area contributed by atoms with Crippen molar-refractivity contribution in [2.24, 2.45) is 0 Å². The summed E-state index contributed by atoms with van der Waals surface area (Å²) in [6, 6.07) is 2.31. The minimum absolute atomic E-state index is 0.691. The molecule has 1 heteroatoms. The van der Waals surface area contributed by atoms with E-state index >= 15 is 0 Å². The van der Waals surface area contributed by atoms with Gasteiger partial charge in [-0.05, 0) is 29.3 Å². The van der Waals surface area contributed by atoms with Gasteiger partial charge in [0, 0.05) is 4.88 Å². The van der Waals surface area contributed by atoms with Crippen LogP contribution in [0.4, 0.5) is 0 Å². The average molecular weight is 184 g/mol. The Balaban J connectivity index is 0.000000561. The summed E-state index contributed by atoms with van der Waals surface area (Å²) in [5.74, 6) is 0.691. The standard InChI is InChI=1S/C9H14S.C2H6/c1-4-9-5-8(6-10-9)7(2)3;1-2/h5-7H,4H2,1-3H3;1-2H3. The molecule has 0 aliphatic rings. The fourth-order valence-electron chi connectivity index (χ4n) is 0.886. The first-order valence-corrected chi connectivity index (χ1v) is 5.69. The summed E-state index contributed by atoms with van der Waals surface area (Å²) in [6.07, 6.45) is 1.18. The first-order chi connectivity index (χ1) is 5.74. The quantitative estimate of drug-likeness (QED) is 0.636. The second-order valence-electron chi connectivity index (χ2n) is 2.85. The molecule has 0 aliphatic heterocycles. The molecule has 0 nitrogen and oxygen atoms in total. The van der Waals surface area contributed by atoms with Crippen LogP contribution in [0, 0.1) is 0 Å². The molecular formula is C11H20S. The van der Waals surface area contributed by atoms with E-state index in [1.54, 1.807) is 0 Å². The number of hydrogen-bond acceptors (Lipinski definition) is 1. The molecule has 70 valence electrons. The van der Waals surface area contributed by atoms with E-state index in [-0.39, 0.29) is 0 Å². The van der Waals surface area contributed by atoms with Gasteiger partial charge in [0.05, 0.1) is 0 Å². The summed E-state index contributed by atoms with van der Waals surface area (Å²) in [4.78, 5) is 1.50. The van der Waals surface area contributed by atoms with E-state index in [2.05, 4.69) is 32.2 Å². The maximum atomic E-state index is 2.31. The molecular weight excluding hydrogens is 164 g/mol. The molecule has 0 amide bonds. The Labute approximate surface area is 80.6 Å². The summed E-state index contributed by atoms with van der Waals surface area (Å²) in [7, 11) is 0. The fourth-order valence-corrected chi connectivity index (χ4v) is 1.88. The predicted molar refractivity (Wildman–Crippen MR) is 59.1 cm³/mol. The van der Waals surface area contributed by atoms with Crippen LogP contribution in [0.15, 0.2) is 11.4 Å². The summed E-state index contributed by atoms with van der Waals surface area (Å²) >= 11 is 1.88. The third-order valence-corrected chi connectivity index (χ3v) is 2.79. The predicted octanol–water partition coefficient (Wildman–Crippen LogP) is 4.46. The van der Waals surface area contributed by atoms with E-state index in [1.165, 1.54) is 16.9 Å². The zero-order valence-electron chi connectivity index (χ0n) is 8.85. The van der Waals surface area contributed by atoms with Crippen molar-refractivity contribution in [2.45, 2.75) is 47.0 Å². The third kappa shape index (κ3) is 3.40. The highest BCUT2D eigenvalue weighted by molar-refractivity contribution is 7.10. The Morgan fingerprint density at radius 1 is 1.33 bits per heavy atom. The Morgan fingerprint density at radius 2 is 1.92 bits per heavy atom. The van der Waals surface area contributed by atoms with Gasteiger partial charge in [0.15, 0.2) is 0 Å². The van der Waals surface area contributed by atoms with E-state index in [1.807, 2.05) is 25.2 Å². The molecule has 0 aliphatic carbocycles. The van der Waals surface area contributed by atoms with Crippen molar-refractivity contribution in [3.8, 4) is 0 Å². The molecule has 1 aromatic rings. The van der Waals surface area contributed by atoms with E-state index in [0.717, 1.165) is 0 Å². The summed E-state index contributed by atoms with van der Waals surface area (Å²) < 4.78 is 0. The van der Waals surface area contributed by atoms with Gasteiger partial charge in [-0.25, -0.2) is 0 Å². The number of thiophene rings is 1. The number of aryl methyl sites for hydroxylation is 1. The minimum Gasteiger partial charge on any atom is -0.149 e. The third-order valence-electron chi connectivity index (χ3n) is 1.69. The van der Waals surface area contributed by atoms with Gasteiger partial charge in [-0.2, -0.15) is 0 Å². The van der Waals surface area contributed by atoms with Crippen LogP contribution in [-0.4, -0.2) is 0 Å². The molecule has 0 atom stereocenters. The molecule has 12 heavy (non-hydrogen) atoms. The Bertz CT molecular complexity index is 199. The fraction of sp³-hybridized carbons (Fsp3) is 0.636. The van der Waals surface area contributed by atoms with E-state index < -0.39 is 0 Å². The van der Waals surface area contributed by atoms with Crippen LogP contribution >= 0.6 is 11.3 Å². The highest BCUT2D eigenvalue weighted by Gasteiger charge is 2.00. The molecule has 0 bridgehead atoms. The topological polar surface area (TPSA) is 0 Å². The lowest BCUT2D eigenvalue weighted by molar-refractivity contribution is 0.870. The molecule has 0 radical (unpaired) electrons. The Hall–Kier alpha value is -0.300. The van der Waals surface area contributed by atoms with Crippen molar-refractivity contribution < 1.29 is 0 Å². The van der Waals surface area contributed by atoms with Crippen LogP contribution in [0.1, 0.15) is 51.0 Å². The monoisotopic (exact) mass is 184 g/mol. The van der Waals surface area contributed by atoms with Gasteiger partial charge < -0.3 is 0 Å². The maximum absolute atomic E-state index is 2.31. The lowest BCUT2D eigenvalue weighted by Gasteiger charge is -1.97. The first kappa shape index (κ1) is 11.7. The van der Waals surface area contributed by atoms with Crippen molar-refractivity contribution in [1.29, 1.82) is 0 Å². The zero-order chi connectivity index (χ0) is 9.56. The molecule has 0 unspecified atom stereocenters. The first-order valence-electron chi connectivity index (χ1n) is 4.81. The van der Waals surface area contributed by atoms with Gasteiger partial charge >= 0.3 is 0 Å². The van der Waals surface area contributed by atoms with Gasteiger partial charge in [0.1, 0.15) is 0 Å². The Kier molecular flexibility index (Phi) is 6.09. The van der Waals surface area contributed by atoms with Crippen LogP contribution in [0.25, 0.3) is 0 Å². The summed E-state index contributed by atoms with van der Waals surface area (Å²) in [5.41, 5.74) is 1.49. The van der Waals surface area contributed by atoms with Crippen molar-refractivity contribution in [1.82, 2.24) is 0 Å². The molecule has 0 saturated heterocycles. The molecule has 0 spiro atoms. The second kappa shape index (κ2) is 6.24. The van der Waals surface area contributed by atoms with Crippen molar-refractivity contribution in [2.75, 3.05) is 0 Å². The number of hydrogen-bond donors (Lipinski definition) is 0. The molecule has 1 rings (SSSR count). The maximum Gasteiger partial charge on any atom is 0.00454 e. The molecule has 0 N–H and O–H groups in total. The lowest BCUT2D eigenvalue weighted by atomic mass is 10.1. The van der Waals surface area contributed by atoms with Crippen molar-refractivity contribution in [3.63, 3.8) is 0 Å². The van der Waals surface area contributed by atoms with Gasteiger partial charge in [-0.1, -0.05) is 34.6 Å². The average Bonchev–Trinajstić information content (AvgIpc) is 2.55. The van der Waals surface area contributed by atoms with E-state index in [4.69, 9.17) is 0 Å². The van der Waals surface area contributed by atoms with Crippen LogP contribution in [-0.2, 0) is 6.42 Å². The van der Waals surface area contributed by atoms with E-state index in [9.17, 15) is 0 Å². The van der Waals surface area contributed by atoms with Crippen LogP contribution in [0.3, 0.4) is 0 Å². The molecule has 0 saturated carbocycles. The summed E-state index contributed by atoms with van der Waals surface area (Å²) in [6.45, 7) is 10.7. The van der Waals surface area contributed by atoms with Crippen molar-refractivity contribution in [3.05, 3.63) is 21.9 Å². The highest BCUT2D eigenvalue weighted by Crippen LogP contribution is 2.21. The lowest BCUT2D eigenvalue weighted by Crippen LogP contribution is -1.80. The van der Waals surface area contributed by atoms with Crippen LogP contribution in [0.5, 0.6) is 0 Å². The normalized spacial score (nSPS) is 9.50. The van der Waals surface area contributed by atoms with Crippen LogP contribution in [0.2, 0.25) is 0 Å². The van der Waals surface area contributed by atoms with Crippen molar-refractivity contribution >= 4 is 11.3 Å². The highest BCUT2D eigenvalue weighted by atomic mass is 32.1. The smallest absolute Gasteiger partial charge is 0.00454 e. The molecule has 1 heterocycles. The minimum atomic E-state index is 0.691. The molecule has 1 aromatic heterocycles. The summed E-state index contributed by atoms with van der Waals surface area (Å²) in [5, 5.41) is 2.27. The second-order valence-corrected chi connectivity index (χ2v) is 3.85. The van der Waals surface area contributed by atoms with Crippen LogP contribution < -0.4 is 0 Å². The van der Waals surface area contributed by atoms with Gasteiger partial charge in [0.25, 0.3) is 0 Å². The van der Waals surface area contributed by atoms with Gasteiger partial charge in [-0.15, -0.1) is 11.3 Å². The zero-order valence-corrected chi connectivity index (χ0v) is 9.66. The SMILES string of the molecule is CC.CCc1cc(C(C)C)cs1. The van der Waals surface area contributed by atoms with E-state index in [0.29, 0.717) is 5.92 Å². The van der Waals surface area contributed by atoms with Gasteiger partial charge in [0.2, 0.25) is 0 Å². The molecule has 0 aromatic carbocycles. The largest absolute Gasteiger partial charge is 0.149 e. The van der Waals surface area contributed by atoms with Gasteiger partial charge in [-0.3, -0.25) is 0 Å².